The van der Waals surface area contributed by atoms with E-state index in [-0.39, 0.29) is 11.1 Å². The van der Waals surface area contributed by atoms with Crippen LogP contribution in [0.15, 0.2) is 40.2 Å². The molecule has 2 aromatic rings. The van der Waals surface area contributed by atoms with Crippen LogP contribution in [-0.4, -0.2) is 46.9 Å². The molecular weight excluding hydrogens is 370 g/mol. The number of aromatic nitrogens is 3. The summed E-state index contributed by atoms with van der Waals surface area (Å²) in [5, 5.41) is 3.28. The van der Waals surface area contributed by atoms with Crippen molar-refractivity contribution >= 4 is 26.0 Å². The molecule has 1 fully saturated rings. The molecule has 0 bridgehead atoms. The lowest BCUT2D eigenvalue weighted by Crippen LogP contribution is -2.49. The predicted molar refractivity (Wildman–Crippen MR) is 84.6 cm³/mol. The van der Waals surface area contributed by atoms with E-state index in [0.29, 0.717) is 25.5 Å². The number of hydrogen-bond donors (Lipinski definition) is 1. The number of nitrogens with one attached hydrogen (secondary N) is 1. The molecule has 1 N–H and O–H groups in total. The molecule has 1 unspecified atom stereocenters. The minimum Gasteiger partial charge on any atom is -0.337 e. The van der Waals surface area contributed by atoms with E-state index in [9.17, 15) is 8.42 Å². The summed E-state index contributed by atoms with van der Waals surface area (Å²) in [5.74, 6) is 0.716. The van der Waals surface area contributed by atoms with E-state index >= 15 is 0 Å². The van der Waals surface area contributed by atoms with Crippen LogP contribution in [0.3, 0.4) is 0 Å². The standard InChI is InChI=1S/C13H16BrN5O2S/c1-18-6-5-16-13(18)11-9-15-4-7-19(11)22(20,21)12-3-2-10(14)8-17-12/h2-3,5-6,8,11,15H,4,7,9H2,1H3. The fourth-order valence-corrected chi connectivity index (χ4v) is 4.26. The summed E-state index contributed by atoms with van der Waals surface area (Å²) in [5.41, 5.74) is 0. The lowest BCUT2D eigenvalue weighted by atomic mass is 10.2. The Bertz CT molecular complexity index is 759. The number of rotatable bonds is 3. The molecule has 1 atom stereocenters. The van der Waals surface area contributed by atoms with Crippen molar-refractivity contribution in [3.63, 3.8) is 0 Å². The van der Waals surface area contributed by atoms with Crippen LogP contribution in [0.1, 0.15) is 11.9 Å². The number of aryl methyl sites for hydroxylation is 1. The van der Waals surface area contributed by atoms with E-state index in [1.165, 1.54) is 16.6 Å². The Morgan fingerprint density at radius 1 is 1.36 bits per heavy atom. The van der Waals surface area contributed by atoms with Gasteiger partial charge < -0.3 is 9.88 Å². The molecule has 0 saturated carbocycles. The highest BCUT2D eigenvalue weighted by Crippen LogP contribution is 2.27. The Balaban J connectivity index is 2.00. The van der Waals surface area contributed by atoms with Gasteiger partial charge in [0.05, 0.1) is 6.04 Å². The maximum absolute atomic E-state index is 12.9. The number of piperazine rings is 1. The van der Waals surface area contributed by atoms with E-state index in [2.05, 4.69) is 31.2 Å². The van der Waals surface area contributed by atoms with Crippen LogP contribution in [0.2, 0.25) is 0 Å². The average molecular weight is 386 g/mol. The van der Waals surface area contributed by atoms with Gasteiger partial charge in [-0.25, -0.2) is 18.4 Å². The molecule has 0 amide bonds. The Morgan fingerprint density at radius 2 is 2.18 bits per heavy atom. The Labute approximate surface area is 137 Å². The van der Waals surface area contributed by atoms with Gasteiger partial charge in [0.15, 0.2) is 5.03 Å². The van der Waals surface area contributed by atoms with Gasteiger partial charge in [0.2, 0.25) is 0 Å². The maximum Gasteiger partial charge on any atom is 0.261 e. The molecule has 9 heteroatoms. The van der Waals surface area contributed by atoms with E-state index in [1.807, 2.05) is 17.8 Å². The van der Waals surface area contributed by atoms with Gasteiger partial charge in [-0.05, 0) is 28.1 Å². The quantitative estimate of drug-likeness (QED) is 0.849. The van der Waals surface area contributed by atoms with Crippen molar-refractivity contribution in [3.05, 3.63) is 41.0 Å². The number of pyridine rings is 1. The molecule has 1 aliphatic rings. The van der Waals surface area contributed by atoms with Crippen LogP contribution >= 0.6 is 15.9 Å². The Hall–Kier alpha value is -1.29. The zero-order valence-electron chi connectivity index (χ0n) is 12.0. The Morgan fingerprint density at radius 3 is 2.82 bits per heavy atom. The fourth-order valence-electron chi connectivity index (χ4n) is 2.53. The highest BCUT2D eigenvalue weighted by Gasteiger charge is 2.36. The average Bonchev–Trinajstić information content (AvgIpc) is 2.94. The fraction of sp³-hybridized carbons (Fsp3) is 0.385. The first-order valence-electron chi connectivity index (χ1n) is 6.81. The molecule has 0 radical (unpaired) electrons. The van der Waals surface area contributed by atoms with Crippen molar-refractivity contribution in [3.8, 4) is 0 Å². The molecule has 3 rings (SSSR count). The third kappa shape index (κ3) is 2.81. The van der Waals surface area contributed by atoms with Crippen molar-refractivity contribution in [1.82, 2.24) is 24.2 Å². The zero-order chi connectivity index (χ0) is 15.7. The van der Waals surface area contributed by atoms with E-state index in [4.69, 9.17) is 0 Å². The van der Waals surface area contributed by atoms with E-state index < -0.39 is 10.0 Å². The minimum atomic E-state index is -3.66. The van der Waals surface area contributed by atoms with Crippen LogP contribution in [0.25, 0.3) is 0 Å². The van der Waals surface area contributed by atoms with Gasteiger partial charge in [-0.15, -0.1) is 0 Å². The van der Waals surface area contributed by atoms with Crippen LogP contribution in [-0.2, 0) is 17.1 Å². The predicted octanol–water partition coefficient (Wildman–Crippen LogP) is 0.913. The van der Waals surface area contributed by atoms with Crippen LogP contribution in [0, 0.1) is 0 Å². The topological polar surface area (TPSA) is 80.1 Å². The zero-order valence-corrected chi connectivity index (χ0v) is 14.4. The van der Waals surface area contributed by atoms with Crippen molar-refractivity contribution in [2.45, 2.75) is 11.1 Å². The van der Waals surface area contributed by atoms with Gasteiger partial charge in [0.1, 0.15) is 5.82 Å². The molecule has 0 aliphatic carbocycles. The van der Waals surface area contributed by atoms with E-state index in [1.54, 1.807) is 12.3 Å². The monoisotopic (exact) mass is 385 g/mol. The molecule has 1 saturated heterocycles. The number of halogens is 1. The molecule has 2 aromatic heterocycles. The highest BCUT2D eigenvalue weighted by molar-refractivity contribution is 9.10. The van der Waals surface area contributed by atoms with Crippen molar-refractivity contribution < 1.29 is 8.42 Å². The lowest BCUT2D eigenvalue weighted by Gasteiger charge is -2.34. The van der Waals surface area contributed by atoms with Crippen molar-refractivity contribution in [2.24, 2.45) is 7.05 Å². The summed E-state index contributed by atoms with van der Waals surface area (Å²) in [6.45, 7) is 1.52. The molecule has 22 heavy (non-hydrogen) atoms. The summed E-state index contributed by atoms with van der Waals surface area (Å²) in [6, 6.07) is 2.85. The maximum atomic E-state index is 12.9. The second-order valence-electron chi connectivity index (χ2n) is 5.05. The van der Waals surface area contributed by atoms with Gasteiger partial charge >= 0.3 is 0 Å². The molecule has 118 valence electrons. The first-order valence-corrected chi connectivity index (χ1v) is 9.05. The summed E-state index contributed by atoms with van der Waals surface area (Å²) < 4.78 is 29.9. The molecule has 3 heterocycles. The highest BCUT2D eigenvalue weighted by atomic mass is 79.9. The number of hydrogen-bond acceptors (Lipinski definition) is 5. The van der Waals surface area contributed by atoms with Gasteiger partial charge in [-0.3, -0.25) is 0 Å². The van der Waals surface area contributed by atoms with Crippen LogP contribution in [0.4, 0.5) is 0 Å². The summed E-state index contributed by atoms with van der Waals surface area (Å²) >= 11 is 3.27. The molecule has 0 spiro atoms. The molecule has 7 nitrogen and oxygen atoms in total. The van der Waals surface area contributed by atoms with Crippen molar-refractivity contribution in [2.75, 3.05) is 19.6 Å². The second kappa shape index (κ2) is 6.07. The molecule has 0 aromatic carbocycles. The normalized spacial score (nSPS) is 20.2. The van der Waals surface area contributed by atoms with Gasteiger partial charge in [0.25, 0.3) is 10.0 Å². The SMILES string of the molecule is Cn1ccnc1C1CNCCN1S(=O)(=O)c1ccc(Br)cn1. The Kier molecular flexibility index (Phi) is 4.31. The first kappa shape index (κ1) is 15.6. The molecular formula is C13H16BrN5O2S. The smallest absolute Gasteiger partial charge is 0.261 e. The summed E-state index contributed by atoms with van der Waals surface area (Å²) in [4.78, 5) is 8.34. The summed E-state index contributed by atoms with van der Waals surface area (Å²) in [6.07, 6.45) is 4.98. The van der Waals surface area contributed by atoms with Crippen LogP contribution in [0.5, 0.6) is 0 Å². The number of nitrogens with zero attached hydrogens (tertiary/aromatic N) is 4. The third-order valence-electron chi connectivity index (χ3n) is 3.62. The van der Waals surface area contributed by atoms with E-state index in [0.717, 1.165) is 4.47 Å². The second-order valence-corrected chi connectivity index (χ2v) is 7.80. The third-order valence-corrected chi connectivity index (χ3v) is 5.92. The van der Waals surface area contributed by atoms with Gasteiger partial charge in [0, 0.05) is 49.7 Å². The van der Waals surface area contributed by atoms with Crippen molar-refractivity contribution in [1.29, 1.82) is 0 Å². The number of sulfonamides is 1. The van der Waals surface area contributed by atoms with Gasteiger partial charge in [-0.2, -0.15) is 4.31 Å². The summed E-state index contributed by atoms with van der Waals surface area (Å²) in [7, 11) is -1.80. The number of imidazole rings is 1. The lowest BCUT2D eigenvalue weighted by molar-refractivity contribution is 0.257. The minimum absolute atomic E-state index is 0.0526. The largest absolute Gasteiger partial charge is 0.337 e. The first-order chi connectivity index (χ1) is 10.5. The van der Waals surface area contributed by atoms with Gasteiger partial charge in [-0.1, -0.05) is 0 Å². The van der Waals surface area contributed by atoms with Crippen LogP contribution < -0.4 is 5.32 Å². The molecule has 1 aliphatic heterocycles.